The third kappa shape index (κ3) is 8.50. The van der Waals surface area contributed by atoms with Gasteiger partial charge in [-0.2, -0.15) is 15.1 Å². The number of ether oxygens (including phenoxy) is 3. The van der Waals surface area contributed by atoms with Crippen molar-refractivity contribution in [3.63, 3.8) is 0 Å². The average Bonchev–Trinajstić information content (AvgIpc) is 3.79. The number of aliphatic hydroxyl groups excluding tert-OH is 1. The molecule has 3 heterocycles. The molecule has 1 aromatic carbocycles. The zero-order valence-electron chi connectivity index (χ0n) is 31.1. The van der Waals surface area contributed by atoms with Crippen LogP contribution in [0, 0.1) is 18.3 Å². The van der Waals surface area contributed by atoms with Crippen LogP contribution in [0.5, 0.6) is 6.01 Å². The van der Waals surface area contributed by atoms with Crippen LogP contribution in [0.4, 0.5) is 10.2 Å². The van der Waals surface area contributed by atoms with Crippen molar-refractivity contribution in [2.45, 2.75) is 78.7 Å². The highest BCUT2D eigenvalue weighted by molar-refractivity contribution is 6.34. The largest absolute Gasteiger partial charge is 0.481 e. The van der Waals surface area contributed by atoms with Crippen molar-refractivity contribution in [1.82, 2.24) is 25.1 Å². The van der Waals surface area contributed by atoms with Gasteiger partial charge in [0.15, 0.2) is 5.83 Å². The number of rotatable bonds is 17. The van der Waals surface area contributed by atoms with Gasteiger partial charge in [0.05, 0.1) is 37.1 Å². The summed E-state index contributed by atoms with van der Waals surface area (Å²) in [6.45, 7) is 12.6. The number of H-pyrrole nitrogens is 1. The summed E-state index contributed by atoms with van der Waals surface area (Å²) >= 11 is 6.78. The van der Waals surface area contributed by atoms with Gasteiger partial charge in [0.1, 0.15) is 17.1 Å². The van der Waals surface area contributed by atoms with E-state index in [4.69, 9.17) is 35.8 Å². The number of likely N-dealkylation sites (N-methyl/N-ethyl adjacent to an activating group) is 1. The van der Waals surface area contributed by atoms with E-state index < -0.39 is 5.83 Å². The van der Waals surface area contributed by atoms with Crippen LogP contribution in [0.15, 0.2) is 17.3 Å². The molecule has 5 rings (SSSR count). The number of fused-ring (bicyclic) bond motifs is 2. The maximum Gasteiger partial charge on any atom is 0.319 e. The van der Waals surface area contributed by atoms with E-state index in [2.05, 4.69) is 27.0 Å². The van der Waals surface area contributed by atoms with Crippen LogP contribution in [0.3, 0.4) is 0 Å². The van der Waals surface area contributed by atoms with Gasteiger partial charge >= 0.3 is 6.01 Å². The molecule has 51 heavy (non-hydrogen) atoms. The number of aromatic amines is 1. The molecule has 0 radical (unpaired) electrons. The normalized spacial score (nSPS) is 20.5. The molecule has 280 valence electrons. The molecule has 0 bridgehead atoms. The van der Waals surface area contributed by atoms with Gasteiger partial charge in [-0.1, -0.05) is 31.4 Å². The maximum atomic E-state index is 17.0. The summed E-state index contributed by atoms with van der Waals surface area (Å²) in [6, 6.07) is 2.33. The zero-order chi connectivity index (χ0) is 36.5. The SMILES string of the molecule is CCCC(CO)CN1CCCC2(COc3nc(/C(F)=C/c4c(Cl)c(C)cc5[nH]ncc45)c(C(=NC)OC)c(N(CC)CCOCC)n3)CCCC12. The molecular formula is C38H55ClFN7O4. The summed E-state index contributed by atoms with van der Waals surface area (Å²) in [4.78, 5) is 18.7. The minimum atomic E-state index is -0.640. The van der Waals surface area contributed by atoms with Gasteiger partial charge in [-0.05, 0) is 83.0 Å². The number of hydrogen-bond acceptors (Lipinski definition) is 10. The van der Waals surface area contributed by atoms with E-state index in [9.17, 15) is 5.11 Å². The molecule has 1 saturated carbocycles. The molecule has 13 heteroatoms. The number of nitrogens with one attached hydrogen (secondary N) is 1. The van der Waals surface area contributed by atoms with Gasteiger partial charge in [0, 0.05) is 62.3 Å². The number of piperidine rings is 1. The average molecular weight is 728 g/mol. The van der Waals surface area contributed by atoms with E-state index in [0.717, 1.165) is 69.1 Å². The van der Waals surface area contributed by atoms with E-state index in [1.54, 1.807) is 13.2 Å². The number of likely N-dealkylation sites (tertiary alicyclic amines) is 1. The topological polar surface area (TPSA) is 121 Å². The van der Waals surface area contributed by atoms with Gasteiger partial charge in [-0.25, -0.2) is 4.39 Å². The molecule has 0 amide bonds. The molecule has 1 saturated heterocycles. The van der Waals surface area contributed by atoms with Crippen LogP contribution in [0.2, 0.25) is 5.02 Å². The Morgan fingerprint density at radius 3 is 2.78 bits per heavy atom. The van der Waals surface area contributed by atoms with Crippen molar-refractivity contribution < 1.29 is 23.7 Å². The van der Waals surface area contributed by atoms with Crippen LogP contribution in [0.1, 0.15) is 88.1 Å². The summed E-state index contributed by atoms with van der Waals surface area (Å²) in [5.41, 5.74) is 2.26. The second kappa shape index (κ2) is 17.9. The van der Waals surface area contributed by atoms with E-state index in [0.29, 0.717) is 66.3 Å². The summed E-state index contributed by atoms with van der Waals surface area (Å²) in [5.74, 6) is 0.263. The molecule has 1 aliphatic heterocycles. The predicted octanol–water partition coefficient (Wildman–Crippen LogP) is 7.09. The summed E-state index contributed by atoms with van der Waals surface area (Å²) < 4.78 is 35.1. The number of methoxy groups -OCH3 is 1. The number of hydrogen-bond donors (Lipinski definition) is 2. The molecule has 3 unspecified atom stereocenters. The van der Waals surface area contributed by atoms with E-state index in [-0.39, 0.29) is 35.5 Å². The Morgan fingerprint density at radius 1 is 1.27 bits per heavy atom. The third-order valence-corrected chi connectivity index (χ3v) is 11.1. The number of benzene rings is 1. The Kier molecular flexibility index (Phi) is 13.7. The Balaban J connectivity index is 1.59. The first-order chi connectivity index (χ1) is 24.7. The number of anilines is 1. The molecule has 0 spiro atoms. The van der Waals surface area contributed by atoms with Gasteiger partial charge in [-0.15, -0.1) is 0 Å². The Bertz CT molecular complexity index is 1680. The van der Waals surface area contributed by atoms with Crippen molar-refractivity contribution in [3.05, 3.63) is 39.7 Å². The van der Waals surface area contributed by atoms with E-state index in [1.165, 1.54) is 13.2 Å². The lowest BCUT2D eigenvalue weighted by molar-refractivity contribution is -0.0124. The lowest BCUT2D eigenvalue weighted by atomic mass is 9.75. The van der Waals surface area contributed by atoms with Gasteiger partial charge < -0.3 is 24.2 Å². The van der Waals surface area contributed by atoms with Crippen LogP contribution in [-0.4, -0.2) is 109 Å². The standard InChI is InChI=1S/C38H55ClFN7O4/c1-7-12-26(23-48)22-47-16-11-15-38(14-10-13-31(38)47)24-51-37-43-34(29(40)20-27-28-21-42-45-30(28)19-25(4)33(27)39)32(36(41-5)49-6)35(44-37)46(8-2)17-18-50-9-3/h19-21,26,31,48H,7-18,22-24H2,1-6H3,(H,42,45)/b29-20-,41-36?. The first kappa shape index (κ1) is 38.9. The fourth-order valence-corrected chi connectivity index (χ4v) is 8.33. The second-order valence-electron chi connectivity index (χ2n) is 13.8. The van der Waals surface area contributed by atoms with Crippen LogP contribution in [0.25, 0.3) is 22.8 Å². The van der Waals surface area contributed by atoms with Crippen LogP contribution >= 0.6 is 11.6 Å². The minimum absolute atomic E-state index is 0.00220. The Morgan fingerprint density at radius 2 is 2.08 bits per heavy atom. The van der Waals surface area contributed by atoms with Gasteiger partial charge in [0.2, 0.25) is 5.90 Å². The number of halogens is 2. The molecule has 2 aromatic heterocycles. The van der Waals surface area contributed by atoms with Crippen molar-refractivity contribution in [1.29, 1.82) is 0 Å². The number of nitrogens with zero attached hydrogens (tertiary/aromatic N) is 6. The maximum absolute atomic E-state index is 17.0. The lowest BCUT2D eigenvalue weighted by Crippen LogP contribution is -2.53. The Hall–Kier alpha value is -3.32. The summed E-state index contributed by atoms with van der Waals surface area (Å²) in [6.07, 6.45) is 10.4. The predicted molar refractivity (Wildman–Crippen MR) is 203 cm³/mol. The zero-order valence-corrected chi connectivity index (χ0v) is 31.9. The number of aromatic nitrogens is 4. The third-order valence-electron chi connectivity index (χ3n) is 10.6. The fourth-order valence-electron chi connectivity index (χ4n) is 8.12. The monoisotopic (exact) mass is 727 g/mol. The molecular weight excluding hydrogens is 673 g/mol. The van der Waals surface area contributed by atoms with Crippen LogP contribution < -0.4 is 9.64 Å². The molecule has 2 aliphatic rings. The first-order valence-corrected chi connectivity index (χ1v) is 18.8. The first-order valence-electron chi connectivity index (χ1n) is 18.5. The molecule has 1 aliphatic carbocycles. The van der Waals surface area contributed by atoms with Gasteiger partial charge in [-0.3, -0.25) is 15.0 Å². The van der Waals surface area contributed by atoms with E-state index >= 15 is 4.39 Å². The van der Waals surface area contributed by atoms with Crippen molar-refractivity contribution >= 4 is 46.1 Å². The summed E-state index contributed by atoms with van der Waals surface area (Å²) in [5, 5.41) is 18.3. The van der Waals surface area contributed by atoms with E-state index in [1.807, 2.05) is 31.7 Å². The fraction of sp³-hybridized carbons (Fsp3) is 0.632. The van der Waals surface area contributed by atoms with Crippen molar-refractivity contribution in [3.8, 4) is 6.01 Å². The van der Waals surface area contributed by atoms with Gasteiger partial charge in [0.25, 0.3) is 0 Å². The quantitative estimate of drug-likeness (QED) is 0.0853. The molecule has 3 aromatic rings. The minimum Gasteiger partial charge on any atom is -0.481 e. The second-order valence-corrected chi connectivity index (χ2v) is 14.2. The molecule has 2 fully saturated rings. The number of aryl methyl sites for hydroxylation is 1. The van der Waals surface area contributed by atoms with Crippen molar-refractivity contribution in [2.75, 3.05) is 71.7 Å². The number of aliphatic imine (C=N–C) groups is 1. The summed E-state index contributed by atoms with van der Waals surface area (Å²) in [7, 11) is 3.10. The Labute approximate surface area is 306 Å². The molecule has 11 nitrogen and oxygen atoms in total. The number of aliphatic hydroxyl groups is 1. The molecule has 2 N–H and O–H groups in total. The lowest BCUT2D eigenvalue weighted by Gasteiger charge is -2.47. The van der Waals surface area contributed by atoms with Crippen molar-refractivity contribution in [2.24, 2.45) is 16.3 Å². The highest BCUT2D eigenvalue weighted by Crippen LogP contribution is 2.48. The van der Waals surface area contributed by atoms with Crippen LogP contribution in [-0.2, 0) is 9.47 Å². The smallest absolute Gasteiger partial charge is 0.319 e. The molecule has 3 atom stereocenters. The highest BCUT2D eigenvalue weighted by Gasteiger charge is 2.48. The highest BCUT2D eigenvalue weighted by atomic mass is 35.5.